The fourth-order valence-corrected chi connectivity index (χ4v) is 2.44. The normalized spacial score (nSPS) is 11.1. The number of imidazole rings is 1. The molecule has 0 amide bonds. The van der Waals surface area contributed by atoms with Gasteiger partial charge >= 0.3 is 0 Å². The summed E-state index contributed by atoms with van der Waals surface area (Å²) >= 11 is 0. The van der Waals surface area contributed by atoms with E-state index in [0.717, 1.165) is 35.6 Å². The lowest BCUT2D eigenvalue weighted by Gasteiger charge is -2.04. The second-order valence-electron chi connectivity index (χ2n) is 4.79. The van der Waals surface area contributed by atoms with Gasteiger partial charge in [-0.15, -0.1) is 0 Å². The number of aryl methyl sites for hydroxylation is 1. The number of benzene rings is 1. The Morgan fingerprint density at radius 1 is 1.20 bits per heavy atom. The number of fused-ring (bicyclic) bond motifs is 1. The minimum absolute atomic E-state index is 0.600. The molecular weight excluding hydrogens is 248 g/mol. The zero-order valence-electron chi connectivity index (χ0n) is 11.6. The van der Waals surface area contributed by atoms with Gasteiger partial charge in [-0.1, -0.05) is 31.2 Å². The van der Waals surface area contributed by atoms with Gasteiger partial charge in [-0.2, -0.15) is 0 Å². The molecule has 0 radical (unpaired) electrons. The minimum Gasteiger partial charge on any atom is -0.330 e. The van der Waals surface area contributed by atoms with Crippen LogP contribution in [0.3, 0.4) is 0 Å². The van der Waals surface area contributed by atoms with Gasteiger partial charge in [0.05, 0.1) is 11.4 Å². The first-order chi connectivity index (χ1) is 9.83. The predicted molar refractivity (Wildman–Crippen MR) is 80.6 cm³/mol. The molecule has 102 valence electrons. The van der Waals surface area contributed by atoms with Crippen molar-refractivity contribution in [2.45, 2.75) is 19.8 Å². The van der Waals surface area contributed by atoms with Crippen molar-refractivity contribution >= 4 is 5.78 Å². The minimum atomic E-state index is 0.600. The van der Waals surface area contributed by atoms with E-state index in [9.17, 15) is 0 Å². The van der Waals surface area contributed by atoms with E-state index in [1.807, 2.05) is 16.7 Å². The third-order valence-corrected chi connectivity index (χ3v) is 3.52. The Morgan fingerprint density at radius 3 is 2.70 bits per heavy atom. The molecule has 0 aliphatic heterocycles. The zero-order valence-corrected chi connectivity index (χ0v) is 11.6. The number of aromatic nitrogens is 3. The van der Waals surface area contributed by atoms with E-state index in [2.05, 4.69) is 41.2 Å². The monoisotopic (exact) mass is 266 g/mol. The van der Waals surface area contributed by atoms with Crippen LogP contribution in [0.5, 0.6) is 0 Å². The van der Waals surface area contributed by atoms with Crippen LogP contribution in [-0.2, 0) is 12.8 Å². The van der Waals surface area contributed by atoms with Crippen molar-refractivity contribution in [1.82, 2.24) is 14.4 Å². The van der Waals surface area contributed by atoms with Crippen LogP contribution in [0.1, 0.15) is 18.2 Å². The van der Waals surface area contributed by atoms with Crippen LogP contribution in [0.15, 0.2) is 42.7 Å². The smallest absolute Gasteiger partial charge is 0.234 e. The highest BCUT2D eigenvalue weighted by molar-refractivity contribution is 5.65. The summed E-state index contributed by atoms with van der Waals surface area (Å²) in [7, 11) is 0. The van der Waals surface area contributed by atoms with E-state index >= 15 is 0 Å². The lowest BCUT2D eigenvalue weighted by Crippen LogP contribution is -2.06. The van der Waals surface area contributed by atoms with Crippen LogP contribution < -0.4 is 5.73 Å². The first-order valence-electron chi connectivity index (χ1n) is 6.94. The standard InChI is InChI=1S/C16H18N4/c1-2-12-4-6-13(7-5-12)15-14(8-9-17)20-11-3-10-18-16(20)19-15/h3-7,10-11H,2,8-9,17H2,1H3. The average Bonchev–Trinajstić information content (AvgIpc) is 2.87. The van der Waals surface area contributed by atoms with Crippen LogP contribution >= 0.6 is 0 Å². The van der Waals surface area contributed by atoms with Crippen molar-refractivity contribution in [1.29, 1.82) is 0 Å². The van der Waals surface area contributed by atoms with Gasteiger partial charge in [-0.3, -0.25) is 4.40 Å². The number of hydrogen-bond donors (Lipinski definition) is 1. The van der Waals surface area contributed by atoms with Crippen LogP contribution in [0.2, 0.25) is 0 Å². The lowest BCUT2D eigenvalue weighted by molar-refractivity contribution is 0.901. The van der Waals surface area contributed by atoms with Crippen molar-refractivity contribution in [3.63, 3.8) is 0 Å². The van der Waals surface area contributed by atoms with Crippen molar-refractivity contribution in [3.8, 4) is 11.3 Å². The van der Waals surface area contributed by atoms with Crippen molar-refractivity contribution < 1.29 is 0 Å². The van der Waals surface area contributed by atoms with Gasteiger partial charge < -0.3 is 5.73 Å². The van der Waals surface area contributed by atoms with Crippen molar-refractivity contribution in [2.24, 2.45) is 5.73 Å². The van der Waals surface area contributed by atoms with Crippen molar-refractivity contribution in [3.05, 3.63) is 54.0 Å². The van der Waals surface area contributed by atoms with Crippen LogP contribution in [0.25, 0.3) is 17.0 Å². The molecule has 4 heteroatoms. The summed E-state index contributed by atoms with van der Waals surface area (Å²) in [4.78, 5) is 8.97. The van der Waals surface area contributed by atoms with Gasteiger partial charge in [0.15, 0.2) is 0 Å². The fourth-order valence-electron chi connectivity index (χ4n) is 2.44. The Balaban J connectivity index is 2.15. The van der Waals surface area contributed by atoms with E-state index in [-0.39, 0.29) is 0 Å². The third-order valence-electron chi connectivity index (χ3n) is 3.52. The highest BCUT2D eigenvalue weighted by Crippen LogP contribution is 2.24. The fraction of sp³-hybridized carbons (Fsp3) is 0.250. The molecule has 1 aromatic carbocycles. The summed E-state index contributed by atoms with van der Waals surface area (Å²) in [6.07, 6.45) is 5.59. The Morgan fingerprint density at radius 2 is 2.00 bits per heavy atom. The molecule has 0 aliphatic rings. The number of hydrogen-bond acceptors (Lipinski definition) is 3. The van der Waals surface area contributed by atoms with Gasteiger partial charge in [0.1, 0.15) is 0 Å². The Hall–Kier alpha value is -2.20. The molecule has 2 aromatic heterocycles. The molecular formula is C16H18N4. The summed E-state index contributed by atoms with van der Waals surface area (Å²) in [6.45, 7) is 2.76. The zero-order chi connectivity index (χ0) is 13.9. The van der Waals surface area contributed by atoms with Crippen LogP contribution in [0.4, 0.5) is 0 Å². The molecule has 20 heavy (non-hydrogen) atoms. The molecule has 2 N–H and O–H groups in total. The number of nitrogens with zero attached hydrogens (tertiary/aromatic N) is 3. The van der Waals surface area contributed by atoms with Crippen molar-refractivity contribution in [2.75, 3.05) is 6.54 Å². The van der Waals surface area contributed by atoms with Crippen LogP contribution in [-0.4, -0.2) is 20.9 Å². The summed E-state index contributed by atoms with van der Waals surface area (Å²) in [5, 5.41) is 0. The van der Waals surface area contributed by atoms with Gasteiger partial charge in [0.2, 0.25) is 5.78 Å². The Bertz CT molecular complexity index is 713. The highest BCUT2D eigenvalue weighted by Gasteiger charge is 2.13. The quantitative estimate of drug-likeness (QED) is 0.789. The second-order valence-corrected chi connectivity index (χ2v) is 4.79. The molecule has 0 fully saturated rings. The molecule has 3 rings (SSSR count). The summed E-state index contributed by atoms with van der Waals surface area (Å²) in [6, 6.07) is 10.5. The SMILES string of the molecule is CCc1ccc(-c2nc3ncccn3c2CCN)cc1. The first-order valence-corrected chi connectivity index (χ1v) is 6.94. The number of rotatable bonds is 4. The third kappa shape index (κ3) is 2.18. The van der Waals surface area contributed by atoms with E-state index in [1.54, 1.807) is 6.20 Å². The van der Waals surface area contributed by atoms with E-state index in [1.165, 1.54) is 5.56 Å². The molecule has 0 saturated heterocycles. The second kappa shape index (κ2) is 5.43. The van der Waals surface area contributed by atoms with Gasteiger partial charge in [0.25, 0.3) is 0 Å². The summed E-state index contributed by atoms with van der Waals surface area (Å²) < 4.78 is 2.02. The molecule has 0 atom stereocenters. The molecule has 0 unspecified atom stereocenters. The summed E-state index contributed by atoms with van der Waals surface area (Å²) in [5.74, 6) is 0.727. The van der Waals surface area contributed by atoms with E-state index in [4.69, 9.17) is 5.73 Å². The van der Waals surface area contributed by atoms with Gasteiger partial charge in [-0.25, -0.2) is 9.97 Å². The van der Waals surface area contributed by atoms with Gasteiger partial charge in [-0.05, 0) is 24.6 Å². The maximum Gasteiger partial charge on any atom is 0.234 e. The lowest BCUT2D eigenvalue weighted by atomic mass is 10.1. The van der Waals surface area contributed by atoms with E-state index < -0.39 is 0 Å². The molecule has 3 aromatic rings. The topological polar surface area (TPSA) is 56.2 Å². The maximum atomic E-state index is 5.74. The largest absolute Gasteiger partial charge is 0.330 e. The average molecular weight is 266 g/mol. The van der Waals surface area contributed by atoms with Gasteiger partial charge in [0, 0.05) is 24.4 Å². The molecule has 0 aliphatic carbocycles. The van der Waals surface area contributed by atoms with E-state index in [0.29, 0.717) is 6.54 Å². The molecule has 0 bridgehead atoms. The summed E-state index contributed by atoms with van der Waals surface area (Å²) in [5.41, 5.74) is 10.3. The number of nitrogens with two attached hydrogens (primary N) is 1. The first kappa shape index (κ1) is 12.8. The predicted octanol–water partition coefficient (Wildman–Crippen LogP) is 2.46. The Kier molecular flexibility index (Phi) is 3.48. The molecule has 4 nitrogen and oxygen atoms in total. The highest BCUT2D eigenvalue weighted by atomic mass is 15.1. The molecule has 0 saturated carbocycles. The Labute approximate surface area is 118 Å². The van der Waals surface area contributed by atoms with Crippen LogP contribution in [0, 0.1) is 0 Å². The molecule has 2 heterocycles. The maximum absolute atomic E-state index is 5.74. The molecule has 0 spiro atoms.